The maximum atomic E-state index is 5.39. The number of hydrogen-bond acceptors (Lipinski definition) is 3. The largest absolute Gasteiger partial charge is 0.482 e. The Morgan fingerprint density at radius 3 is 3.00 bits per heavy atom. The summed E-state index contributed by atoms with van der Waals surface area (Å²) in [6.07, 6.45) is 5.41. The first kappa shape index (κ1) is 11.5. The average Bonchev–Trinajstić information content (AvgIpc) is 2.82. The molecule has 3 rings (SSSR count). The number of ether oxygens (including phenoxy) is 2. The lowest BCUT2D eigenvalue weighted by Crippen LogP contribution is -2.17. The monoisotopic (exact) mass is 246 g/mol. The average molecular weight is 246 g/mol. The lowest BCUT2D eigenvalue weighted by atomic mass is 9.95. The Labute approximate surface area is 107 Å². The molecule has 0 amide bonds. The van der Waals surface area contributed by atoms with Gasteiger partial charge in [-0.15, -0.1) is 0 Å². The van der Waals surface area contributed by atoms with E-state index in [0.717, 1.165) is 49.7 Å². The topological polar surface area (TPSA) is 35.8 Å². The van der Waals surface area contributed by atoms with Crippen LogP contribution in [-0.2, 0) is 11.2 Å². The van der Waals surface area contributed by atoms with Gasteiger partial charge in [0.1, 0.15) is 5.65 Å². The molecule has 2 aromatic rings. The van der Waals surface area contributed by atoms with Crippen LogP contribution in [0.5, 0.6) is 5.88 Å². The summed E-state index contributed by atoms with van der Waals surface area (Å²) in [5, 5.41) is 0. The second-order valence-corrected chi connectivity index (χ2v) is 4.79. The molecule has 2 aromatic heterocycles. The van der Waals surface area contributed by atoms with Gasteiger partial charge >= 0.3 is 0 Å². The summed E-state index contributed by atoms with van der Waals surface area (Å²) >= 11 is 0. The van der Waals surface area contributed by atoms with E-state index in [1.54, 1.807) is 7.11 Å². The molecule has 0 aliphatic carbocycles. The van der Waals surface area contributed by atoms with Crippen molar-refractivity contribution in [2.45, 2.75) is 19.3 Å². The fourth-order valence-corrected chi connectivity index (χ4v) is 2.55. The highest BCUT2D eigenvalue weighted by molar-refractivity contribution is 5.43. The van der Waals surface area contributed by atoms with Crippen LogP contribution in [0.2, 0.25) is 0 Å². The van der Waals surface area contributed by atoms with Gasteiger partial charge in [0.25, 0.3) is 0 Å². The van der Waals surface area contributed by atoms with E-state index in [1.165, 1.54) is 0 Å². The lowest BCUT2D eigenvalue weighted by molar-refractivity contribution is 0.0663. The van der Waals surface area contributed by atoms with Gasteiger partial charge in [-0.2, -0.15) is 0 Å². The van der Waals surface area contributed by atoms with Crippen molar-refractivity contribution in [3.63, 3.8) is 0 Å². The zero-order valence-corrected chi connectivity index (χ0v) is 10.6. The van der Waals surface area contributed by atoms with Gasteiger partial charge in [0.2, 0.25) is 0 Å². The van der Waals surface area contributed by atoms with Crippen LogP contribution in [0.15, 0.2) is 24.4 Å². The molecular formula is C14H18N2O2. The van der Waals surface area contributed by atoms with Crippen LogP contribution < -0.4 is 4.74 Å². The second kappa shape index (κ2) is 4.98. The fraction of sp³-hybridized carbons (Fsp3) is 0.500. The predicted molar refractivity (Wildman–Crippen MR) is 69.0 cm³/mol. The molecule has 1 saturated heterocycles. The molecule has 0 saturated carbocycles. The quantitative estimate of drug-likeness (QED) is 0.833. The number of pyridine rings is 1. The molecule has 0 unspecified atom stereocenters. The van der Waals surface area contributed by atoms with E-state index in [4.69, 9.17) is 9.47 Å². The van der Waals surface area contributed by atoms with Gasteiger partial charge in [-0.25, -0.2) is 4.98 Å². The maximum Gasteiger partial charge on any atom is 0.198 e. The summed E-state index contributed by atoms with van der Waals surface area (Å²) in [4.78, 5) is 4.66. The zero-order valence-electron chi connectivity index (χ0n) is 10.6. The minimum absolute atomic E-state index is 0.703. The Kier molecular flexibility index (Phi) is 3.19. The van der Waals surface area contributed by atoms with E-state index >= 15 is 0 Å². The Hall–Kier alpha value is -1.55. The number of imidazole rings is 1. The highest BCUT2D eigenvalue weighted by Gasteiger charge is 2.16. The van der Waals surface area contributed by atoms with E-state index in [0.29, 0.717) is 5.92 Å². The third-order valence-electron chi connectivity index (χ3n) is 3.55. The fourth-order valence-electron chi connectivity index (χ4n) is 2.55. The van der Waals surface area contributed by atoms with Crippen LogP contribution in [0.4, 0.5) is 0 Å². The maximum absolute atomic E-state index is 5.39. The van der Waals surface area contributed by atoms with Crippen molar-refractivity contribution in [3.05, 3.63) is 30.1 Å². The Morgan fingerprint density at radius 1 is 1.39 bits per heavy atom. The molecule has 0 atom stereocenters. The second-order valence-electron chi connectivity index (χ2n) is 4.79. The molecule has 0 bridgehead atoms. The van der Waals surface area contributed by atoms with Crippen molar-refractivity contribution in [2.24, 2.45) is 5.92 Å². The number of hydrogen-bond donors (Lipinski definition) is 0. The molecule has 1 aliphatic heterocycles. The van der Waals surface area contributed by atoms with Crippen LogP contribution in [-0.4, -0.2) is 29.7 Å². The summed E-state index contributed by atoms with van der Waals surface area (Å²) < 4.78 is 12.7. The zero-order chi connectivity index (χ0) is 12.4. The van der Waals surface area contributed by atoms with Gasteiger partial charge < -0.3 is 9.47 Å². The molecule has 0 N–H and O–H groups in total. The predicted octanol–water partition coefficient (Wildman–Crippen LogP) is 2.31. The number of rotatable bonds is 3. The van der Waals surface area contributed by atoms with Gasteiger partial charge in [-0.1, -0.05) is 6.07 Å². The Balaban J connectivity index is 1.84. The lowest BCUT2D eigenvalue weighted by Gasteiger charge is -2.20. The molecule has 1 fully saturated rings. The molecule has 1 aliphatic rings. The molecule has 0 aromatic carbocycles. The molecule has 4 nitrogen and oxygen atoms in total. The molecular weight excluding hydrogens is 228 g/mol. The highest BCUT2D eigenvalue weighted by Crippen LogP contribution is 2.21. The van der Waals surface area contributed by atoms with Crippen molar-refractivity contribution in [1.82, 2.24) is 9.38 Å². The smallest absolute Gasteiger partial charge is 0.198 e. The highest BCUT2D eigenvalue weighted by atomic mass is 16.5. The van der Waals surface area contributed by atoms with Crippen molar-refractivity contribution in [3.8, 4) is 5.88 Å². The summed E-state index contributed by atoms with van der Waals surface area (Å²) in [5.74, 6) is 1.54. The van der Waals surface area contributed by atoms with Gasteiger partial charge in [0.05, 0.1) is 12.8 Å². The summed E-state index contributed by atoms with van der Waals surface area (Å²) in [7, 11) is 1.69. The van der Waals surface area contributed by atoms with E-state index in [9.17, 15) is 0 Å². The van der Waals surface area contributed by atoms with Crippen LogP contribution >= 0.6 is 0 Å². The van der Waals surface area contributed by atoms with Crippen LogP contribution in [0.25, 0.3) is 5.65 Å². The Morgan fingerprint density at radius 2 is 2.22 bits per heavy atom. The van der Waals surface area contributed by atoms with Crippen molar-refractivity contribution < 1.29 is 9.47 Å². The summed E-state index contributed by atoms with van der Waals surface area (Å²) in [6.45, 7) is 1.78. The van der Waals surface area contributed by atoms with E-state index in [-0.39, 0.29) is 0 Å². The van der Waals surface area contributed by atoms with Gasteiger partial charge in [0.15, 0.2) is 5.88 Å². The van der Waals surface area contributed by atoms with E-state index in [2.05, 4.69) is 11.2 Å². The summed E-state index contributed by atoms with van der Waals surface area (Å²) in [5.41, 5.74) is 2.10. The third-order valence-corrected chi connectivity index (χ3v) is 3.55. The third kappa shape index (κ3) is 2.20. The molecule has 0 spiro atoms. The molecule has 18 heavy (non-hydrogen) atoms. The van der Waals surface area contributed by atoms with E-state index < -0.39 is 0 Å². The number of aromatic nitrogens is 2. The van der Waals surface area contributed by atoms with Crippen molar-refractivity contribution >= 4 is 5.65 Å². The van der Waals surface area contributed by atoms with Gasteiger partial charge in [-0.3, -0.25) is 4.40 Å². The van der Waals surface area contributed by atoms with Gasteiger partial charge in [-0.05, 0) is 37.3 Å². The van der Waals surface area contributed by atoms with Gasteiger partial charge in [0, 0.05) is 19.4 Å². The minimum Gasteiger partial charge on any atom is -0.482 e. The number of fused-ring (bicyclic) bond motifs is 1. The van der Waals surface area contributed by atoms with Crippen LogP contribution in [0.3, 0.4) is 0 Å². The summed E-state index contributed by atoms with van der Waals surface area (Å²) in [6, 6.07) is 5.93. The van der Waals surface area contributed by atoms with Crippen molar-refractivity contribution in [2.75, 3.05) is 20.3 Å². The first-order valence-electron chi connectivity index (χ1n) is 6.45. The molecule has 0 radical (unpaired) electrons. The molecule has 4 heteroatoms. The van der Waals surface area contributed by atoms with Crippen LogP contribution in [0.1, 0.15) is 18.5 Å². The molecule has 3 heterocycles. The SMILES string of the molecule is COc1cccc2nc(CC3CCOCC3)cn12. The minimum atomic E-state index is 0.703. The molecule has 96 valence electrons. The first-order chi connectivity index (χ1) is 8.86. The Bertz CT molecular complexity index is 530. The normalized spacial score (nSPS) is 17.2. The van der Waals surface area contributed by atoms with E-state index in [1.807, 2.05) is 22.6 Å². The number of nitrogens with zero attached hydrogens (tertiary/aromatic N) is 2. The number of methoxy groups -OCH3 is 1. The van der Waals surface area contributed by atoms with Crippen LogP contribution in [0, 0.1) is 5.92 Å². The van der Waals surface area contributed by atoms with Crippen molar-refractivity contribution in [1.29, 1.82) is 0 Å². The first-order valence-corrected chi connectivity index (χ1v) is 6.45. The standard InChI is InChI=1S/C14H18N2O2/c1-17-14-4-2-3-13-15-12(10-16(13)14)9-11-5-7-18-8-6-11/h2-4,10-11H,5-9H2,1H3.